The maximum absolute atomic E-state index is 13.9. The van der Waals surface area contributed by atoms with Crippen molar-refractivity contribution >= 4 is 44.7 Å². The number of thiophene rings is 1. The molecule has 1 fully saturated rings. The molecule has 8 nitrogen and oxygen atoms in total. The van der Waals surface area contributed by atoms with Crippen molar-refractivity contribution in [2.75, 3.05) is 18.8 Å². The van der Waals surface area contributed by atoms with Crippen molar-refractivity contribution in [3.8, 4) is 0 Å². The van der Waals surface area contributed by atoms with Gasteiger partial charge in [-0.25, -0.2) is 0 Å². The van der Waals surface area contributed by atoms with E-state index in [4.69, 9.17) is 17.2 Å². The number of nitrogens with zero attached hydrogens (tertiary/aromatic N) is 1. The SMILES string of the molecule is C=CC(=O)N1CCC(NC(=O)c2sc3c(N)ccc4c3c2C(N)C(=O)C4(N)c2cccc(C(C)C)c2)C1. The van der Waals surface area contributed by atoms with Crippen LogP contribution < -0.4 is 22.5 Å². The number of hydrogen-bond donors (Lipinski definition) is 4. The van der Waals surface area contributed by atoms with Crippen LogP contribution in [-0.2, 0) is 15.1 Å². The first-order valence-corrected chi connectivity index (χ1v) is 13.2. The van der Waals surface area contributed by atoms with Crippen molar-refractivity contribution in [2.24, 2.45) is 11.5 Å². The lowest BCUT2D eigenvalue weighted by molar-refractivity contribution is -0.125. The molecule has 1 aliphatic heterocycles. The average molecular weight is 518 g/mol. The number of amides is 2. The number of benzene rings is 2. The third-order valence-corrected chi connectivity index (χ3v) is 8.79. The van der Waals surface area contributed by atoms with Gasteiger partial charge in [-0.2, -0.15) is 0 Å². The first kappa shape index (κ1) is 25.1. The van der Waals surface area contributed by atoms with Gasteiger partial charge in [-0.15, -0.1) is 11.3 Å². The number of carbonyl (C=O) groups is 3. The maximum atomic E-state index is 13.9. The number of carbonyl (C=O) groups excluding carboxylic acids is 3. The first-order valence-electron chi connectivity index (χ1n) is 12.3. The van der Waals surface area contributed by atoms with Crippen molar-refractivity contribution in [3.63, 3.8) is 0 Å². The zero-order chi connectivity index (χ0) is 26.6. The van der Waals surface area contributed by atoms with E-state index in [1.54, 1.807) is 17.0 Å². The molecule has 1 aliphatic carbocycles. The molecular weight excluding hydrogens is 486 g/mol. The standard InChI is InChI=1S/C28H31N5O3S/c1-4-20(34)33-11-10-17(13-33)32-27(36)25-22-21-18(8-9-19(29)24(21)37-25)28(31,26(35)23(22)30)16-7-5-6-15(12-16)14(2)3/h4-9,12,14,17,23H,1,10-11,13,29-31H2,2-3H3,(H,32,36). The number of hydrogen-bond acceptors (Lipinski definition) is 7. The number of ketones is 1. The Morgan fingerprint density at radius 1 is 1.27 bits per heavy atom. The summed E-state index contributed by atoms with van der Waals surface area (Å²) in [4.78, 5) is 41.3. The molecule has 3 unspecified atom stereocenters. The van der Waals surface area contributed by atoms with Gasteiger partial charge >= 0.3 is 0 Å². The summed E-state index contributed by atoms with van der Waals surface area (Å²) in [6.45, 7) is 8.62. The molecule has 1 saturated heterocycles. The van der Waals surface area contributed by atoms with E-state index in [1.165, 1.54) is 17.4 Å². The van der Waals surface area contributed by atoms with E-state index in [0.717, 1.165) is 5.56 Å². The van der Waals surface area contributed by atoms with Crippen LogP contribution in [0.3, 0.4) is 0 Å². The lowest BCUT2D eigenvalue weighted by Crippen LogP contribution is -2.52. The predicted octanol–water partition coefficient (Wildman–Crippen LogP) is 2.91. The Bertz CT molecular complexity index is 1460. The van der Waals surface area contributed by atoms with E-state index >= 15 is 0 Å². The fourth-order valence-electron chi connectivity index (χ4n) is 5.45. The number of nitrogens with one attached hydrogen (secondary N) is 1. The largest absolute Gasteiger partial charge is 0.398 e. The lowest BCUT2D eigenvalue weighted by atomic mass is 9.70. The first-order chi connectivity index (χ1) is 17.6. The van der Waals surface area contributed by atoms with Gasteiger partial charge in [0.1, 0.15) is 5.54 Å². The second kappa shape index (κ2) is 9.09. The Morgan fingerprint density at radius 3 is 2.73 bits per heavy atom. The van der Waals surface area contributed by atoms with Gasteiger partial charge in [-0.3, -0.25) is 14.4 Å². The third-order valence-electron chi connectivity index (χ3n) is 7.54. The second-order valence-corrected chi connectivity index (χ2v) is 11.1. The highest BCUT2D eigenvalue weighted by molar-refractivity contribution is 7.21. The smallest absolute Gasteiger partial charge is 0.262 e. The van der Waals surface area contributed by atoms with E-state index in [2.05, 4.69) is 25.7 Å². The topological polar surface area (TPSA) is 145 Å². The highest BCUT2D eigenvalue weighted by Gasteiger charge is 2.49. The molecule has 3 aromatic rings. The number of rotatable bonds is 5. The summed E-state index contributed by atoms with van der Waals surface area (Å²) in [5.41, 5.74) is 21.7. The van der Waals surface area contributed by atoms with E-state index in [0.29, 0.717) is 56.9 Å². The van der Waals surface area contributed by atoms with E-state index < -0.39 is 11.6 Å². The molecule has 0 spiro atoms. The molecule has 192 valence electrons. The molecular formula is C28H31N5O3S. The van der Waals surface area contributed by atoms with E-state index in [9.17, 15) is 14.4 Å². The van der Waals surface area contributed by atoms with Crippen LogP contribution >= 0.6 is 11.3 Å². The average Bonchev–Trinajstić information content (AvgIpc) is 3.52. The molecule has 3 atom stereocenters. The Balaban J connectivity index is 1.60. The van der Waals surface area contributed by atoms with Gasteiger partial charge in [0.25, 0.3) is 5.91 Å². The van der Waals surface area contributed by atoms with Crippen LogP contribution in [0.5, 0.6) is 0 Å². The van der Waals surface area contributed by atoms with Gasteiger partial charge in [0.2, 0.25) is 5.91 Å². The lowest BCUT2D eigenvalue weighted by Gasteiger charge is -2.37. The minimum absolute atomic E-state index is 0.167. The second-order valence-electron chi connectivity index (χ2n) is 10.1. The van der Waals surface area contributed by atoms with Crippen molar-refractivity contribution in [2.45, 2.75) is 43.8 Å². The molecule has 0 saturated carbocycles. The molecule has 37 heavy (non-hydrogen) atoms. The van der Waals surface area contributed by atoms with Crippen LogP contribution in [0.25, 0.3) is 10.1 Å². The van der Waals surface area contributed by atoms with Gasteiger partial charge in [0.15, 0.2) is 5.78 Å². The van der Waals surface area contributed by atoms with Crippen molar-refractivity contribution in [1.82, 2.24) is 10.2 Å². The summed E-state index contributed by atoms with van der Waals surface area (Å²) < 4.78 is 0.685. The minimum Gasteiger partial charge on any atom is -0.398 e. The van der Waals surface area contributed by atoms with Gasteiger partial charge in [0.05, 0.1) is 15.6 Å². The molecule has 7 N–H and O–H groups in total. The molecule has 9 heteroatoms. The molecule has 1 aromatic heterocycles. The Labute approximate surface area is 219 Å². The van der Waals surface area contributed by atoms with E-state index in [-0.39, 0.29) is 29.6 Å². The molecule has 2 heterocycles. The molecule has 0 bridgehead atoms. The number of likely N-dealkylation sites (tertiary alicyclic amines) is 1. The Hall–Kier alpha value is -3.53. The van der Waals surface area contributed by atoms with Crippen molar-refractivity contribution < 1.29 is 14.4 Å². The quantitative estimate of drug-likeness (QED) is 0.303. The van der Waals surface area contributed by atoms with Crippen molar-refractivity contribution in [1.29, 1.82) is 0 Å². The summed E-state index contributed by atoms with van der Waals surface area (Å²) >= 11 is 1.22. The number of nitrogen functional groups attached to an aromatic ring is 1. The van der Waals surface area contributed by atoms with Crippen molar-refractivity contribution in [3.05, 3.63) is 76.2 Å². The van der Waals surface area contributed by atoms with Gasteiger partial charge in [0, 0.05) is 35.8 Å². The fraction of sp³-hybridized carbons (Fsp3) is 0.321. The fourth-order valence-corrected chi connectivity index (χ4v) is 6.65. The third kappa shape index (κ3) is 3.85. The molecule has 2 amide bonds. The summed E-state index contributed by atoms with van der Waals surface area (Å²) in [6, 6.07) is 9.90. The van der Waals surface area contributed by atoms with Crippen LogP contribution in [0.1, 0.15) is 64.2 Å². The van der Waals surface area contributed by atoms with Crippen LogP contribution in [-0.4, -0.2) is 41.6 Å². The summed E-state index contributed by atoms with van der Waals surface area (Å²) in [7, 11) is 0. The summed E-state index contributed by atoms with van der Waals surface area (Å²) in [5.74, 6) is -0.626. The Kier molecular flexibility index (Phi) is 6.18. The molecule has 2 aromatic carbocycles. The number of nitrogens with two attached hydrogens (primary N) is 3. The van der Waals surface area contributed by atoms with Gasteiger partial charge in [-0.1, -0.05) is 50.8 Å². The van der Waals surface area contributed by atoms with Gasteiger partial charge < -0.3 is 27.4 Å². The minimum atomic E-state index is -1.48. The van der Waals surface area contributed by atoms with Crippen LogP contribution in [0.2, 0.25) is 0 Å². The Morgan fingerprint density at radius 2 is 2.03 bits per heavy atom. The summed E-state index contributed by atoms with van der Waals surface area (Å²) in [6.07, 6.45) is 1.90. The van der Waals surface area contributed by atoms with E-state index in [1.807, 2.05) is 24.3 Å². The van der Waals surface area contributed by atoms with Gasteiger partial charge in [-0.05, 0) is 41.2 Å². The number of Topliss-reactive ketones (excluding diaryl/α,β-unsaturated/α-hetero) is 1. The van der Waals surface area contributed by atoms with Crippen LogP contribution in [0.15, 0.2) is 49.1 Å². The maximum Gasteiger partial charge on any atom is 0.262 e. The molecule has 5 rings (SSSR count). The number of anilines is 1. The highest BCUT2D eigenvalue weighted by Crippen LogP contribution is 2.49. The van der Waals surface area contributed by atoms with Crippen LogP contribution in [0.4, 0.5) is 5.69 Å². The normalized spacial score (nSPS) is 23.1. The molecule has 2 aliphatic rings. The zero-order valence-corrected chi connectivity index (χ0v) is 21.7. The monoisotopic (exact) mass is 517 g/mol. The zero-order valence-electron chi connectivity index (χ0n) is 20.9. The predicted molar refractivity (Wildman–Crippen MR) is 146 cm³/mol. The van der Waals surface area contributed by atoms with Crippen LogP contribution in [0, 0.1) is 0 Å². The molecule has 0 radical (unpaired) electrons. The highest BCUT2D eigenvalue weighted by atomic mass is 32.1. The summed E-state index contributed by atoms with van der Waals surface area (Å²) in [5, 5.41) is 3.69.